The highest BCUT2D eigenvalue weighted by Gasteiger charge is 2.22. The second kappa shape index (κ2) is 4.29. The van der Waals surface area contributed by atoms with Gasteiger partial charge in [0, 0.05) is 0 Å². The molecule has 0 bridgehead atoms. The van der Waals surface area contributed by atoms with Crippen molar-refractivity contribution in [2.24, 2.45) is 0 Å². The van der Waals surface area contributed by atoms with Crippen molar-refractivity contribution in [1.82, 2.24) is 0 Å². The summed E-state index contributed by atoms with van der Waals surface area (Å²) in [5.41, 5.74) is -0.0810. The smallest absolute Gasteiger partial charge is 0.118 e. The molecular formula is C12H16O2. The number of hydrogen-bond acceptors (Lipinski definition) is 2. The van der Waals surface area contributed by atoms with Gasteiger partial charge in [0.25, 0.3) is 0 Å². The normalized spacial score (nSPS) is 14.5. The van der Waals surface area contributed by atoms with Crippen LogP contribution in [-0.2, 0) is 5.60 Å². The van der Waals surface area contributed by atoms with Crippen molar-refractivity contribution < 1.29 is 9.84 Å². The van der Waals surface area contributed by atoms with Gasteiger partial charge in [0.05, 0.1) is 7.11 Å². The van der Waals surface area contributed by atoms with Crippen molar-refractivity contribution in [2.75, 3.05) is 7.11 Å². The zero-order valence-corrected chi connectivity index (χ0v) is 8.66. The Kier molecular flexibility index (Phi) is 3.31. The van der Waals surface area contributed by atoms with Crippen LogP contribution in [0, 0.1) is 0 Å². The summed E-state index contributed by atoms with van der Waals surface area (Å²) in [4.78, 5) is 0. The van der Waals surface area contributed by atoms with Crippen LogP contribution in [0.1, 0.15) is 18.9 Å². The third-order valence-electron chi connectivity index (χ3n) is 2.47. The van der Waals surface area contributed by atoms with E-state index >= 15 is 0 Å². The molecule has 0 fully saturated rings. The molecule has 0 aliphatic rings. The van der Waals surface area contributed by atoms with Crippen LogP contribution in [0.4, 0.5) is 0 Å². The minimum Gasteiger partial charge on any atom is -0.497 e. The van der Waals surface area contributed by atoms with Gasteiger partial charge in [-0.05, 0) is 24.1 Å². The van der Waals surface area contributed by atoms with E-state index in [1.807, 2.05) is 31.2 Å². The second-order valence-electron chi connectivity index (χ2n) is 3.21. The molecule has 0 amide bonds. The molecule has 0 aromatic heterocycles. The summed E-state index contributed by atoms with van der Waals surface area (Å²) in [6, 6.07) is 7.37. The Bertz CT molecular complexity index is 303. The molecule has 1 aromatic carbocycles. The predicted molar refractivity (Wildman–Crippen MR) is 57.4 cm³/mol. The fourth-order valence-electron chi connectivity index (χ4n) is 1.35. The lowest BCUT2D eigenvalue weighted by Gasteiger charge is -2.23. The Morgan fingerprint density at radius 3 is 2.36 bits per heavy atom. The van der Waals surface area contributed by atoms with E-state index < -0.39 is 5.60 Å². The third-order valence-corrected chi connectivity index (χ3v) is 2.47. The summed E-state index contributed by atoms with van der Waals surface area (Å²) in [5, 5.41) is 10.1. The minimum atomic E-state index is -0.924. The lowest BCUT2D eigenvalue weighted by atomic mass is 9.91. The van der Waals surface area contributed by atoms with Gasteiger partial charge in [-0.1, -0.05) is 31.7 Å². The first-order valence-corrected chi connectivity index (χ1v) is 4.66. The Balaban J connectivity index is 3.01. The Hall–Kier alpha value is -1.28. The van der Waals surface area contributed by atoms with Crippen LogP contribution in [-0.4, -0.2) is 12.2 Å². The number of methoxy groups -OCH3 is 1. The summed E-state index contributed by atoms with van der Waals surface area (Å²) in [6.07, 6.45) is 2.18. The van der Waals surface area contributed by atoms with Crippen LogP contribution in [0.25, 0.3) is 0 Å². The number of benzene rings is 1. The Labute approximate surface area is 84.8 Å². The Morgan fingerprint density at radius 1 is 1.43 bits per heavy atom. The quantitative estimate of drug-likeness (QED) is 0.743. The molecule has 1 rings (SSSR count). The first kappa shape index (κ1) is 10.8. The van der Waals surface area contributed by atoms with Crippen LogP contribution in [0.3, 0.4) is 0 Å². The van der Waals surface area contributed by atoms with E-state index in [0.717, 1.165) is 11.3 Å². The van der Waals surface area contributed by atoms with Crippen LogP contribution >= 0.6 is 0 Å². The molecular weight excluding hydrogens is 176 g/mol. The van der Waals surface area contributed by atoms with Crippen molar-refractivity contribution in [3.8, 4) is 5.75 Å². The van der Waals surface area contributed by atoms with Crippen molar-refractivity contribution >= 4 is 0 Å². The molecule has 76 valence electrons. The van der Waals surface area contributed by atoms with Crippen LogP contribution in [0.15, 0.2) is 36.9 Å². The number of aliphatic hydroxyl groups is 1. The maximum absolute atomic E-state index is 10.1. The standard InChI is InChI=1S/C12H16O2/c1-4-12(13,5-2)10-6-8-11(14-3)9-7-10/h4,6-9,13H,1,5H2,2-3H3/t12-/m0/s1. The van der Waals surface area contributed by atoms with E-state index in [1.54, 1.807) is 13.2 Å². The van der Waals surface area contributed by atoms with Gasteiger partial charge in [0.1, 0.15) is 11.4 Å². The second-order valence-corrected chi connectivity index (χ2v) is 3.21. The molecule has 0 unspecified atom stereocenters. The van der Waals surface area contributed by atoms with Crippen LogP contribution < -0.4 is 4.74 Å². The van der Waals surface area contributed by atoms with Gasteiger partial charge >= 0.3 is 0 Å². The number of ether oxygens (including phenoxy) is 1. The van der Waals surface area contributed by atoms with Gasteiger partial charge in [-0.3, -0.25) is 0 Å². The molecule has 0 spiro atoms. The van der Waals surface area contributed by atoms with E-state index in [2.05, 4.69) is 6.58 Å². The molecule has 0 aliphatic heterocycles. The van der Waals surface area contributed by atoms with E-state index in [1.165, 1.54) is 0 Å². The molecule has 2 heteroatoms. The molecule has 0 radical (unpaired) electrons. The van der Waals surface area contributed by atoms with Crippen LogP contribution in [0.2, 0.25) is 0 Å². The SMILES string of the molecule is C=C[C@](O)(CC)c1ccc(OC)cc1. The van der Waals surface area contributed by atoms with E-state index in [9.17, 15) is 5.11 Å². The average Bonchev–Trinajstić information content (AvgIpc) is 2.28. The lowest BCUT2D eigenvalue weighted by molar-refractivity contribution is 0.0855. The van der Waals surface area contributed by atoms with Crippen molar-refractivity contribution in [1.29, 1.82) is 0 Å². The molecule has 14 heavy (non-hydrogen) atoms. The molecule has 0 saturated carbocycles. The highest BCUT2D eigenvalue weighted by atomic mass is 16.5. The fraction of sp³-hybridized carbons (Fsp3) is 0.333. The molecule has 0 saturated heterocycles. The van der Waals surface area contributed by atoms with Gasteiger partial charge in [0.2, 0.25) is 0 Å². The van der Waals surface area contributed by atoms with E-state index in [4.69, 9.17) is 4.74 Å². The predicted octanol–water partition coefficient (Wildman–Crippen LogP) is 2.48. The number of hydrogen-bond donors (Lipinski definition) is 1. The van der Waals surface area contributed by atoms with Crippen molar-refractivity contribution in [2.45, 2.75) is 18.9 Å². The summed E-state index contributed by atoms with van der Waals surface area (Å²) >= 11 is 0. The summed E-state index contributed by atoms with van der Waals surface area (Å²) in [7, 11) is 1.62. The zero-order chi connectivity index (χ0) is 10.6. The fourth-order valence-corrected chi connectivity index (χ4v) is 1.35. The Morgan fingerprint density at radius 2 is 2.00 bits per heavy atom. The molecule has 0 heterocycles. The van der Waals surface area contributed by atoms with Gasteiger partial charge in [0.15, 0.2) is 0 Å². The highest BCUT2D eigenvalue weighted by Crippen LogP contribution is 2.27. The van der Waals surface area contributed by atoms with Gasteiger partial charge in [-0.15, -0.1) is 0 Å². The molecule has 1 aromatic rings. The third kappa shape index (κ3) is 1.96. The number of rotatable bonds is 4. The summed E-state index contributed by atoms with van der Waals surface area (Å²) in [6.45, 7) is 5.56. The van der Waals surface area contributed by atoms with Gasteiger partial charge in [-0.25, -0.2) is 0 Å². The van der Waals surface area contributed by atoms with Crippen molar-refractivity contribution in [3.63, 3.8) is 0 Å². The monoisotopic (exact) mass is 192 g/mol. The first-order chi connectivity index (χ1) is 6.66. The minimum absolute atomic E-state index is 0.614. The average molecular weight is 192 g/mol. The maximum Gasteiger partial charge on any atom is 0.118 e. The van der Waals surface area contributed by atoms with Gasteiger partial charge < -0.3 is 9.84 Å². The van der Waals surface area contributed by atoms with E-state index in [0.29, 0.717) is 6.42 Å². The molecule has 2 nitrogen and oxygen atoms in total. The molecule has 1 atom stereocenters. The largest absolute Gasteiger partial charge is 0.497 e. The lowest BCUT2D eigenvalue weighted by Crippen LogP contribution is -2.20. The van der Waals surface area contributed by atoms with Crippen LogP contribution in [0.5, 0.6) is 5.75 Å². The summed E-state index contributed by atoms with van der Waals surface area (Å²) in [5.74, 6) is 0.788. The highest BCUT2D eigenvalue weighted by molar-refractivity contribution is 5.32. The topological polar surface area (TPSA) is 29.5 Å². The zero-order valence-electron chi connectivity index (χ0n) is 8.66. The van der Waals surface area contributed by atoms with Gasteiger partial charge in [-0.2, -0.15) is 0 Å². The van der Waals surface area contributed by atoms with E-state index in [-0.39, 0.29) is 0 Å². The maximum atomic E-state index is 10.1. The molecule has 0 aliphatic carbocycles. The summed E-state index contributed by atoms with van der Waals surface area (Å²) < 4.78 is 5.04. The van der Waals surface area contributed by atoms with Crippen molar-refractivity contribution in [3.05, 3.63) is 42.5 Å². The molecule has 1 N–H and O–H groups in total. The first-order valence-electron chi connectivity index (χ1n) is 4.66.